The molecule has 1 aromatic heterocycles. The molecule has 1 saturated heterocycles. The molecule has 204 valence electrons. The number of rotatable bonds is 7. The van der Waals surface area contributed by atoms with Gasteiger partial charge in [0.15, 0.2) is 6.61 Å². The van der Waals surface area contributed by atoms with Crippen molar-refractivity contribution in [3.63, 3.8) is 0 Å². The van der Waals surface area contributed by atoms with Gasteiger partial charge in [0.1, 0.15) is 18.1 Å². The van der Waals surface area contributed by atoms with E-state index in [4.69, 9.17) is 25.8 Å². The molecule has 0 aliphatic carbocycles. The summed E-state index contributed by atoms with van der Waals surface area (Å²) in [5, 5.41) is 12.1. The SMILES string of the molecule is COC(=O)COc1ccc2c(c1)/C(=C/CCN1CCC(O)(c3ccc(Cl)cc3)C(C)C1)c1cccnc1CO2. The molecule has 5 rings (SSSR count). The molecule has 7 nitrogen and oxygen atoms in total. The van der Waals surface area contributed by atoms with Crippen LogP contribution in [0.15, 0.2) is 66.9 Å². The third-order valence-electron chi connectivity index (χ3n) is 7.66. The minimum absolute atomic E-state index is 0.0755. The van der Waals surface area contributed by atoms with E-state index in [1.165, 1.54) is 7.11 Å². The minimum Gasteiger partial charge on any atom is -0.487 e. The van der Waals surface area contributed by atoms with Gasteiger partial charge in [-0.05, 0) is 60.4 Å². The van der Waals surface area contributed by atoms with E-state index in [1.807, 2.05) is 42.5 Å². The quantitative estimate of drug-likeness (QED) is 0.405. The van der Waals surface area contributed by atoms with E-state index in [0.717, 1.165) is 59.8 Å². The van der Waals surface area contributed by atoms with Crippen LogP contribution in [0.25, 0.3) is 5.57 Å². The summed E-state index contributed by atoms with van der Waals surface area (Å²) in [7, 11) is 1.34. The van der Waals surface area contributed by atoms with Crippen LogP contribution in [0.3, 0.4) is 0 Å². The molecule has 3 heterocycles. The lowest BCUT2D eigenvalue weighted by atomic mass is 9.77. The fourth-order valence-corrected chi connectivity index (χ4v) is 5.54. The molecule has 0 bridgehead atoms. The van der Waals surface area contributed by atoms with Crippen LogP contribution in [0.2, 0.25) is 5.02 Å². The van der Waals surface area contributed by atoms with Crippen molar-refractivity contribution >= 4 is 23.1 Å². The Morgan fingerprint density at radius 3 is 2.82 bits per heavy atom. The molecule has 0 amide bonds. The largest absolute Gasteiger partial charge is 0.487 e. The van der Waals surface area contributed by atoms with Crippen LogP contribution in [0, 0.1) is 5.92 Å². The number of ether oxygens (including phenoxy) is 3. The van der Waals surface area contributed by atoms with E-state index >= 15 is 0 Å². The second-order valence-electron chi connectivity index (χ2n) is 10.1. The Hall–Kier alpha value is -3.39. The number of piperidine rings is 1. The first-order chi connectivity index (χ1) is 18.9. The first-order valence-electron chi connectivity index (χ1n) is 13.2. The highest BCUT2D eigenvalue weighted by Crippen LogP contribution is 2.40. The van der Waals surface area contributed by atoms with Gasteiger partial charge in [-0.1, -0.05) is 42.8 Å². The van der Waals surface area contributed by atoms with Crippen LogP contribution < -0.4 is 9.47 Å². The number of benzene rings is 2. The Morgan fingerprint density at radius 2 is 2.05 bits per heavy atom. The predicted octanol–water partition coefficient (Wildman–Crippen LogP) is 5.23. The highest BCUT2D eigenvalue weighted by molar-refractivity contribution is 6.30. The van der Waals surface area contributed by atoms with Gasteiger partial charge in [-0.15, -0.1) is 0 Å². The minimum atomic E-state index is -0.859. The predicted molar refractivity (Wildman–Crippen MR) is 150 cm³/mol. The Labute approximate surface area is 234 Å². The third kappa shape index (κ3) is 5.96. The molecule has 2 aromatic carbocycles. The topological polar surface area (TPSA) is 81.1 Å². The van der Waals surface area contributed by atoms with Gasteiger partial charge in [0.05, 0.1) is 18.4 Å². The number of carbonyl (C=O) groups is 1. The summed E-state index contributed by atoms with van der Waals surface area (Å²) in [5.41, 5.74) is 3.88. The molecule has 0 spiro atoms. The molecule has 39 heavy (non-hydrogen) atoms. The van der Waals surface area contributed by atoms with Crippen molar-refractivity contribution < 1.29 is 24.1 Å². The van der Waals surface area contributed by atoms with Crippen molar-refractivity contribution in [1.82, 2.24) is 9.88 Å². The van der Waals surface area contributed by atoms with Crippen molar-refractivity contribution in [3.8, 4) is 11.5 Å². The lowest BCUT2D eigenvalue weighted by Gasteiger charge is -2.43. The number of hydrogen-bond donors (Lipinski definition) is 1. The molecule has 0 saturated carbocycles. The van der Waals surface area contributed by atoms with Crippen LogP contribution >= 0.6 is 11.6 Å². The zero-order valence-corrected chi connectivity index (χ0v) is 23.0. The van der Waals surface area contributed by atoms with Crippen LogP contribution in [-0.2, 0) is 21.7 Å². The van der Waals surface area contributed by atoms with E-state index < -0.39 is 11.6 Å². The van der Waals surface area contributed by atoms with Gasteiger partial charge in [0.2, 0.25) is 0 Å². The first kappa shape index (κ1) is 27.2. The summed E-state index contributed by atoms with van der Waals surface area (Å²) < 4.78 is 16.5. The molecule has 2 atom stereocenters. The highest BCUT2D eigenvalue weighted by atomic mass is 35.5. The van der Waals surface area contributed by atoms with Crippen molar-refractivity contribution in [2.45, 2.75) is 32.0 Å². The van der Waals surface area contributed by atoms with E-state index in [1.54, 1.807) is 12.3 Å². The Morgan fingerprint density at radius 1 is 1.23 bits per heavy atom. The maximum atomic E-state index is 11.6. The Kier molecular flexibility index (Phi) is 8.21. The number of aromatic nitrogens is 1. The summed E-state index contributed by atoms with van der Waals surface area (Å²) in [4.78, 5) is 18.6. The summed E-state index contributed by atoms with van der Waals surface area (Å²) in [6, 6.07) is 17.1. The average molecular weight is 549 g/mol. The van der Waals surface area contributed by atoms with Crippen LogP contribution in [0.5, 0.6) is 11.5 Å². The normalized spacial score (nSPS) is 21.8. The molecule has 0 radical (unpaired) electrons. The van der Waals surface area contributed by atoms with Gasteiger partial charge < -0.3 is 24.2 Å². The Bertz CT molecular complexity index is 1360. The summed E-state index contributed by atoms with van der Waals surface area (Å²) in [5.74, 6) is 0.938. The number of likely N-dealkylation sites (tertiary alicyclic amines) is 1. The maximum absolute atomic E-state index is 11.6. The maximum Gasteiger partial charge on any atom is 0.343 e. The molecular weight excluding hydrogens is 516 g/mol. The molecule has 1 fully saturated rings. The van der Waals surface area contributed by atoms with Crippen molar-refractivity contribution in [2.75, 3.05) is 33.4 Å². The second-order valence-corrected chi connectivity index (χ2v) is 10.5. The molecular formula is C31H33ClN2O5. The average Bonchev–Trinajstić information content (AvgIpc) is 3.10. The monoisotopic (exact) mass is 548 g/mol. The summed E-state index contributed by atoms with van der Waals surface area (Å²) in [6.45, 7) is 4.77. The number of pyridine rings is 1. The standard InChI is InChI=1S/C31H33ClN2O5/c1-21-18-34(16-13-31(21,36)22-7-9-23(32)10-8-22)15-4-6-25-26-5-3-14-33-28(26)19-39-29-12-11-24(17-27(25)29)38-20-30(35)37-2/h3,5-12,14,17,21,36H,4,13,15-16,18-20H2,1-2H3/b25-6+. The number of methoxy groups -OCH3 is 1. The van der Waals surface area contributed by atoms with Crippen molar-refractivity contribution in [1.29, 1.82) is 0 Å². The third-order valence-corrected chi connectivity index (χ3v) is 7.92. The van der Waals surface area contributed by atoms with Crippen LogP contribution in [0.4, 0.5) is 0 Å². The van der Waals surface area contributed by atoms with Crippen LogP contribution in [0.1, 0.15) is 42.1 Å². The molecule has 1 N–H and O–H groups in total. The van der Waals surface area contributed by atoms with Gasteiger partial charge in [-0.25, -0.2) is 4.79 Å². The molecule has 3 aromatic rings. The zero-order chi connectivity index (χ0) is 27.4. The van der Waals surface area contributed by atoms with Gasteiger partial charge in [-0.3, -0.25) is 4.98 Å². The lowest BCUT2D eigenvalue weighted by Crippen LogP contribution is -2.49. The smallest absolute Gasteiger partial charge is 0.343 e. The lowest BCUT2D eigenvalue weighted by molar-refractivity contribution is -0.142. The van der Waals surface area contributed by atoms with E-state index in [2.05, 4.69) is 29.0 Å². The van der Waals surface area contributed by atoms with Gasteiger partial charge in [0, 0.05) is 47.9 Å². The fourth-order valence-electron chi connectivity index (χ4n) is 5.41. The number of nitrogens with zero attached hydrogens (tertiary/aromatic N) is 2. The van der Waals surface area contributed by atoms with Gasteiger partial charge in [0.25, 0.3) is 0 Å². The summed E-state index contributed by atoms with van der Waals surface area (Å²) >= 11 is 6.06. The number of fused-ring (bicyclic) bond motifs is 2. The van der Waals surface area contributed by atoms with Crippen molar-refractivity contribution in [3.05, 3.63) is 94.3 Å². The van der Waals surface area contributed by atoms with Gasteiger partial charge in [-0.2, -0.15) is 0 Å². The van der Waals surface area contributed by atoms with E-state index in [-0.39, 0.29) is 12.5 Å². The van der Waals surface area contributed by atoms with Crippen LogP contribution in [-0.4, -0.2) is 54.3 Å². The fraction of sp³-hybridized carbons (Fsp3) is 0.355. The Balaban J connectivity index is 1.34. The van der Waals surface area contributed by atoms with Crippen molar-refractivity contribution in [2.24, 2.45) is 5.92 Å². The number of esters is 1. The molecule has 2 aliphatic heterocycles. The molecule has 8 heteroatoms. The zero-order valence-electron chi connectivity index (χ0n) is 22.2. The highest BCUT2D eigenvalue weighted by Gasteiger charge is 2.40. The number of halogens is 1. The molecule has 2 unspecified atom stereocenters. The number of aliphatic hydroxyl groups is 1. The first-order valence-corrected chi connectivity index (χ1v) is 13.6. The number of hydrogen-bond acceptors (Lipinski definition) is 7. The van der Waals surface area contributed by atoms with E-state index in [0.29, 0.717) is 23.8 Å². The second kappa shape index (κ2) is 11.8. The van der Waals surface area contributed by atoms with E-state index in [9.17, 15) is 9.90 Å². The van der Waals surface area contributed by atoms with Gasteiger partial charge >= 0.3 is 5.97 Å². The molecule has 2 aliphatic rings. The summed E-state index contributed by atoms with van der Waals surface area (Å²) in [6.07, 6.45) is 5.47. The number of carbonyl (C=O) groups excluding carboxylic acids is 1.